The highest BCUT2D eigenvalue weighted by molar-refractivity contribution is 6.05. The lowest BCUT2D eigenvalue weighted by atomic mass is 9.72. The molecule has 5 heteroatoms. The zero-order valence-corrected chi connectivity index (χ0v) is 16.1. The number of anilines is 1. The van der Waals surface area contributed by atoms with Crippen molar-refractivity contribution in [1.82, 2.24) is 0 Å². The standard InChI is InChI=1S/C21H30N2O3/c1-4-23(14-6-7-15-23)21(12-9-13-21)20(25)22-18-16(3)10-8-11-17(18)19(24)26-5-2/h8,10-11,14H,4-7,9,12-13,15H2,1-3H3,(H,22,25). The average Bonchev–Trinajstić information content (AvgIpc) is 3.06. The highest BCUT2D eigenvalue weighted by Gasteiger charge is 2.56. The molecule has 142 valence electrons. The number of aryl methyl sites for hydroxylation is 1. The number of esters is 1. The fourth-order valence-electron chi connectivity index (χ4n) is 4.61. The number of ether oxygens (including phenoxy) is 1. The van der Waals surface area contributed by atoms with Crippen LogP contribution in [0.2, 0.25) is 0 Å². The van der Waals surface area contributed by atoms with Crippen molar-refractivity contribution >= 4 is 17.6 Å². The molecule has 1 amide bonds. The van der Waals surface area contributed by atoms with Crippen molar-refractivity contribution < 1.29 is 18.8 Å². The number of nitrogens with one attached hydrogen (secondary N) is 1. The summed E-state index contributed by atoms with van der Waals surface area (Å²) in [4.78, 5) is 25.8. The van der Waals surface area contributed by atoms with E-state index in [0.717, 1.165) is 55.2 Å². The van der Waals surface area contributed by atoms with Gasteiger partial charge in [-0.15, -0.1) is 13.0 Å². The number of likely N-dealkylation sites (N-methyl/N-ethyl adjacent to an activating group) is 1. The Kier molecular flexibility index (Phi) is 5.37. The first kappa shape index (κ1) is 18.9. The second kappa shape index (κ2) is 7.39. The van der Waals surface area contributed by atoms with Gasteiger partial charge in [-0.3, -0.25) is 4.79 Å². The summed E-state index contributed by atoms with van der Waals surface area (Å²) in [5, 5.41) is 3.12. The van der Waals surface area contributed by atoms with E-state index in [1.807, 2.05) is 19.1 Å². The monoisotopic (exact) mass is 358 g/mol. The van der Waals surface area contributed by atoms with Gasteiger partial charge in [0.15, 0.2) is 5.54 Å². The van der Waals surface area contributed by atoms with Gasteiger partial charge in [0.1, 0.15) is 0 Å². The minimum Gasteiger partial charge on any atom is -0.462 e. The van der Waals surface area contributed by atoms with Crippen LogP contribution >= 0.6 is 0 Å². The maximum atomic E-state index is 13.5. The Hall–Kier alpha value is -1.88. The summed E-state index contributed by atoms with van der Waals surface area (Å²) in [6.45, 7) is 10.5. The maximum absolute atomic E-state index is 13.5. The topological polar surface area (TPSA) is 55.4 Å². The first-order valence-corrected chi connectivity index (χ1v) is 9.79. The minimum absolute atomic E-state index is 0.0450. The molecule has 0 spiro atoms. The van der Waals surface area contributed by atoms with Crippen LogP contribution in [0.5, 0.6) is 0 Å². The lowest BCUT2D eigenvalue weighted by molar-refractivity contribution is -0.935. The lowest BCUT2D eigenvalue weighted by Gasteiger charge is -2.60. The smallest absolute Gasteiger partial charge is 0.340 e. The molecule has 1 saturated carbocycles. The van der Waals surface area contributed by atoms with Crippen molar-refractivity contribution in [1.29, 1.82) is 0 Å². The predicted octanol–water partition coefficient (Wildman–Crippen LogP) is 3.83. The highest BCUT2D eigenvalue weighted by Crippen LogP contribution is 2.48. The number of benzene rings is 1. The normalized spacial score (nSPS) is 24.0. The van der Waals surface area contributed by atoms with Crippen LogP contribution in [0.25, 0.3) is 0 Å². The molecule has 1 unspecified atom stereocenters. The van der Waals surface area contributed by atoms with E-state index in [-0.39, 0.29) is 17.4 Å². The third-order valence-corrected chi connectivity index (χ3v) is 6.27. The number of nitrogens with zero attached hydrogens (tertiary/aromatic N) is 1. The molecule has 1 saturated heterocycles. The second-order valence-corrected chi connectivity index (χ2v) is 7.46. The Morgan fingerprint density at radius 1 is 1.27 bits per heavy atom. The van der Waals surface area contributed by atoms with Crippen LogP contribution in [0.1, 0.15) is 61.9 Å². The number of hydrogen-bond donors (Lipinski definition) is 1. The zero-order chi connectivity index (χ0) is 18.8. The molecular formula is C21H30N2O3. The molecule has 1 aliphatic carbocycles. The fourth-order valence-corrected chi connectivity index (χ4v) is 4.61. The van der Waals surface area contributed by atoms with Crippen molar-refractivity contribution in [2.75, 3.05) is 25.0 Å². The van der Waals surface area contributed by atoms with Crippen molar-refractivity contribution in [3.8, 4) is 0 Å². The van der Waals surface area contributed by atoms with Crippen LogP contribution in [-0.4, -0.2) is 41.6 Å². The van der Waals surface area contributed by atoms with Crippen LogP contribution in [0.3, 0.4) is 0 Å². The summed E-state index contributed by atoms with van der Waals surface area (Å²) in [5.41, 5.74) is 1.52. The molecule has 1 aromatic carbocycles. The van der Waals surface area contributed by atoms with Gasteiger partial charge in [0.2, 0.25) is 0 Å². The van der Waals surface area contributed by atoms with Gasteiger partial charge in [-0.2, -0.15) is 0 Å². The van der Waals surface area contributed by atoms with Gasteiger partial charge in [-0.05, 0) is 45.2 Å². The molecule has 0 bridgehead atoms. The van der Waals surface area contributed by atoms with Gasteiger partial charge < -0.3 is 14.5 Å². The van der Waals surface area contributed by atoms with Crippen LogP contribution in [-0.2, 0) is 9.53 Å². The fraction of sp³-hybridized carbons (Fsp3) is 0.571. The lowest BCUT2D eigenvalue weighted by Crippen LogP contribution is -2.70. The SMILES string of the molecule is CCOC(=O)c1cccc(C)c1NC(=O)C1([N+]2(CC)[CH-]CCC2)CCC1. The number of likely N-dealkylation sites (tertiary alicyclic amines) is 1. The summed E-state index contributed by atoms with van der Waals surface area (Å²) in [5.74, 6) is -0.343. The van der Waals surface area contributed by atoms with E-state index < -0.39 is 0 Å². The Balaban J connectivity index is 1.91. The van der Waals surface area contributed by atoms with E-state index >= 15 is 0 Å². The van der Waals surface area contributed by atoms with Crippen molar-refractivity contribution in [2.24, 2.45) is 0 Å². The van der Waals surface area contributed by atoms with E-state index in [2.05, 4.69) is 18.8 Å². The van der Waals surface area contributed by atoms with Crippen molar-refractivity contribution in [3.63, 3.8) is 0 Å². The highest BCUT2D eigenvalue weighted by atomic mass is 16.5. The molecule has 26 heavy (non-hydrogen) atoms. The van der Waals surface area contributed by atoms with Gasteiger partial charge in [-0.1, -0.05) is 12.1 Å². The third-order valence-electron chi connectivity index (χ3n) is 6.27. The molecule has 1 aromatic rings. The van der Waals surface area contributed by atoms with Gasteiger partial charge in [0.05, 0.1) is 30.9 Å². The first-order valence-electron chi connectivity index (χ1n) is 9.79. The molecule has 0 radical (unpaired) electrons. The van der Waals surface area contributed by atoms with Crippen LogP contribution in [0.15, 0.2) is 18.2 Å². The van der Waals surface area contributed by atoms with Crippen molar-refractivity contribution in [2.45, 2.75) is 58.4 Å². The molecule has 1 atom stereocenters. The molecule has 2 fully saturated rings. The number of quaternary nitrogens is 1. The minimum atomic E-state index is -0.389. The van der Waals surface area contributed by atoms with E-state index in [9.17, 15) is 9.59 Å². The largest absolute Gasteiger partial charge is 0.462 e. The maximum Gasteiger partial charge on any atom is 0.340 e. The Bertz CT molecular complexity index is 688. The molecule has 1 N–H and O–H groups in total. The van der Waals surface area contributed by atoms with Crippen LogP contribution < -0.4 is 5.32 Å². The first-order chi connectivity index (χ1) is 12.5. The molecule has 0 aromatic heterocycles. The summed E-state index contributed by atoms with van der Waals surface area (Å²) in [6, 6.07) is 5.46. The molecule has 5 nitrogen and oxygen atoms in total. The summed E-state index contributed by atoms with van der Waals surface area (Å²) < 4.78 is 5.95. The number of amides is 1. The van der Waals surface area contributed by atoms with Crippen molar-refractivity contribution in [3.05, 3.63) is 35.9 Å². The zero-order valence-electron chi connectivity index (χ0n) is 16.1. The Morgan fingerprint density at radius 2 is 2.04 bits per heavy atom. The number of rotatable bonds is 6. The Labute approximate surface area is 156 Å². The van der Waals surface area contributed by atoms with E-state index in [4.69, 9.17) is 4.74 Å². The third kappa shape index (κ3) is 2.92. The quantitative estimate of drug-likeness (QED) is 0.478. The number of carbonyl (C=O) groups excluding carboxylic acids is 2. The second-order valence-electron chi connectivity index (χ2n) is 7.46. The van der Waals surface area contributed by atoms with E-state index in [1.165, 1.54) is 0 Å². The molecule has 2 aliphatic rings. The van der Waals surface area contributed by atoms with E-state index in [0.29, 0.717) is 17.9 Å². The number of para-hydroxylation sites is 1. The molecule has 1 aliphatic heterocycles. The van der Waals surface area contributed by atoms with E-state index in [1.54, 1.807) is 13.0 Å². The number of carbonyl (C=O) groups is 2. The summed E-state index contributed by atoms with van der Waals surface area (Å²) in [6.07, 6.45) is 5.11. The van der Waals surface area contributed by atoms with Gasteiger partial charge in [0.25, 0.3) is 5.91 Å². The van der Waals surface area contributed by atoms with Gasteiger partial charge in [-0.25, -0.2) is 4.79 Å². The average molecular weight is 358 g/mol. The number of hydrogen-bond acceptors (Lipinski definition) is 3. The van der Waals surface area contributed by atoms with Crippen LogP contribution in [0.4, 0.5) is 5.69 Å². The molecular weight excluding hydrogens is 328 g/mol. The Morgan fingerprint density at radius 3 is 2.58 bits per heavy atom. The van der Waals surface area contributed by atoms with Crippen LogP contribution in [0, 0.1) is 13.5 Å². The van der Waals surface area contributed by atoms with Gasteiger partial charge >= 0.3 is 5.97 Å². The summed E-state index contributed by atoms with van der Waals surface area (Å²) >= 11 is 0. The van der Waals surface area contributed by atoms with Gasteiger partial charge in [0, 0.05) is 12.8 Å². The summed E-state index contributed by atoms with van der Waals surface area (Å²) in [7, 11) is 0. The molecule has 3 rings (SSSR count). The molecule has 1 heterocycles. The predicted molar refractivity (Wildman–Crippen MR) is 102 cm³/mol.